The van der Waals surface area contributed by atoms with Crippen molar-refractivity contribution in [2.24, 2.45) is 5.92 Å². The van der Waals surface area contributed by atoms with Crippen LogP contribution in [0.4, 0.5) is 0 Å². The predicted octanol–water partition coefficient (Wildman–Crippen LogP) is 3.16. The first-order chi connectivity index (χ1) is 10.7. The molecule has 22 heavy (non-hydrogen) atoms. The number of rotatable bonds is 11. The summed E-state index contributed by atoms with van der Waals surface area (Å²) in [4.78, 5) is 0. The fourth-order valence-corrected chi connectivity index (χ4v) is 2.34. The first-order valence-electron chi connectivity index (χ1n) is 7.68. The fourth-order valence-electron chi connectivity index (χ4n) is 2.34. The van der Waals surface area contributed by atoms with Crippen molar-refractivity contribution in [3.05, 3.63) is 48.0 Å². The number of hydrogen-bond donors (Lipinski definition) is 1. The van der Waals surface area contributed by atoms with Gasteiger partial charge in [0.2, 0.25) is 0 Å². The van der Waals surface area contributed by atoms with Crippen LogP contribution in [0.1, 0.15) is 25.3 Å². The minimum Gasteiger partial charge on any atom is -0.396 e. The summed E-state index contributed by atoms with van der Waals surface area (Å²) >= 11 is 0. The molecule has 0 heterocycles. The maximum atomic E-state index is 9.54. The third-order valence-electron chi connectivity index (χ3n) is 3.60. The van der Waals surface area contributed by atoms with E-state index in [0.717, 1.165) is 12.0 Å². The highest BCUT2D eigenvalue weighted by atomic mass is 16.7. The van der Waals surface area contributed by atoms with Crippen molar-refractivity contribution in [2.75, 3.05) is 20.8 Å². The van der Waals surface area contributed by atoms with Gasteiger partial charge in [-0.05, 0) is 31.2 Å². The van der Waals surface area contributed by atoms with E-state index in [2.05, 4.69) is 6.08 Å². The van der Waals surface area contributed by atoms with Crippen molar-refractivity contribution in [2.45, 2.75) is 38.8 Å². The van der Waals surface area contributed by atoms with E-state index in [4.69, 9.17) is 14.2 Å². The number of aliphatic hydroxyl groups excluding tert-OH is 1. The monoisotopic (exact) mass is 308 g/mol. The first-order valence-corrected chi connectivity index (χ1v) is 7.68. The summed E-state index contributed by atoms with van der Waals surface area (Å²) in [6.45, 7) is 2.59. The Balaban J connectivity index is 2.66. The summed E-state index contributed by atoms with van der Waals surface area (Å²) in [6, 6.07) is 10.00. The molecule has 0 aliphatic rings. The lowest BCUT2D eigenvalue weighted by Crippen LogP contribution is -2.34. The van der Waals surface area contributed by atoms with E-state index in [0.29, 0.717) is 13.0 Å². The lowest BCUT2D eigenvalue weighted by atomic mass is 9.98. The van der Waals surface area contributed by atoms with Gasteiger partial charge in [-0.25, -0.2) is 0 Å². The van der Waals surface area contributed by atoms with Crippen LogP contribution in [0.2, 0.25) is 0 Å². The molecule has 0 aliphatic carbocycles. The number of ether oxygens (including phenoxy) is 3. The van der Waals surface area contributed by atoms with E-state index >= 15 is 0 Å². The Morgan fingerprint density at radius 3 is 2.36 bits per heavy atom. The van der Waals surface area contributed by atoms with Crippen LogP contribution in [-0.2, 0) is 20.8 Å². The zero-order valence-electron chi connectivity index (χ0n) is 13.8. The van der Waals surface area contributed by atoms with E-state index in [9.17, 15) is 5.11 Å². The van der Waals surface area contributed by atoms with Crippen LogP contribution in [-0.4, -0.2) is 38.3 Å². The van der Waals surface area contributed by atoms with Gasteiger partial charge in [0.15, 0.2) is 6.29 Å². The second-order valence-corrected chi connectivity index (χ2v) is 5.26. The molecule has 1 N–H and O–H groups in total. The van der Waals surface area contributed by atoms with Crippen LogP contribution < -0.4 is 0 Å². The molecule has 1 rings (SSSR count). The minimum absolute atomic E-state index is 0.121. The summed E-state index contributed by atoms with van der Waals surface area (Å²) in [5.74, 6) is 0.129. The molecule has 0 fully saturated rings. The third-order valence-corrected chi connectivity index (χ3v) is 3.60. The number of benzene rings is 1. The zero-order valence-corrected chi connectivity index (χ0v) is 13.8. The predicted molar refractivity (Wildman–Crippen MR) is 87.4 cm³/mol. The largest absolute Gasteiger partial charge is 0.396 e. The Bertz CT molecular complexity index is 401. The quantitative estimate of drug-likeness (QED) is 0.504. The SMILES string of the molecule is C/C=C/CC(CO)C[C@H](OCc1ccccc1)C(OC)OC. The summed E-state index contributed by atoms with van der Waals surface area (Å²) in [5, 5.41) is 9.54. The lowest BCUT2D eigenvalue weighted by Gasteiger charge is -2.27. The smallest absolute Gasteiger partial charge is 0.183 e. The van der Waals surface area contributed by atoms with Crippen LogP contribution in [0.15, 0.2) is 42.5 Å². The van der Waals surface area contributed by atoms with Gasteiger partial charge in [0, 0.05) is 20.8 Å². The molecule has 0 aromatic heterocycles. The molecule has 124 valence electrons. The topological polar surface area (TPSA) is 47.9 Å². The Morgan fingerprint density at radius 2 is 1.82 bits per heavy atom. The molecule has 1 aromatic carbocycles. The molecule has 0 bridgehead atoms. The van der Waals surface area contributed by atoms with Gasteiger partial charge in [0.1, 0.15) is 6.10 Å². The average molecular weight is 308 g/mol. The van der Waals surface area contributed by atoms with E-state index in [1.807, 2.05) is 43.3 Å². The molecule has 0 aliphatic heterocycles. The van der Waals surface area contributed by atoms with Crippen molar-refractivity contribution in [1.29, 1.82) is 0 Å². The van der Waals surface area contributed by atoms with Gasteiger partial charge in [0.25, 0.3) is 0 Å². The van der Waals surface area contributed by atoms with E-state index in [1.54, 1.807) is 14.2 Å². The van der Waals surface area contributed by atoms with Gasteiger partial charge < -0.3 is 19.3 Å². The number of hydrogen-bond acceptors (Lipinski definition) is 4. The second-order valence-electron chi connectivity index (χ2n) is 5.26. The Labute approximate surface area is 133 Å². The molecule has 0 spiro atoms. The molecule has 0 amide bonds. The highest BCUT2D eigenvalue weighted by molar-refractivity contribution is 5.13. The van der Waals surface area contributed by atoms with Crippen molar-refractivity contribution in [1.82, 2.24) is 0 Å². The van der Waals surface area contributed by atoms with E-state index in [1.165, 1.54) is 0 Å². The molecule has 0 saturated heterocycles. The lowest BCUT2D eigenvalue weighted by molar-refractivity contribution is -0.189. The van der Waals surface area contributed by atoms with Gasteiger partial charge >= 0.3 is 0 Å². The normalized spacial score (nSPS) is 14.6. The molecule has 4 heteroatoms. The highest BCUT2D eigenvalue weighted by Gasteiger charge is 2.25. The number of methoxy groups -OCH3 is 2. The van der Waals surface area contributed by atoms with Crippen LogP contribution in [0.25, 0.3) is 0 Å². The Kier molecular flexibility index (Phi) is 9.75. The minimum atomic E-state index is -0.441. The Hall–Kier alpha value is -1.20. The van der Waals surface area contributed by atoms with Gasteiger partial charge in [-0.1, -0.05) is 42.5 Å². The number of aliphatic hydroxyl groups is 1. The van der Waals surface area contributed by atoms with Crippen LogP contribution in [0.5, 0.6) is 0 Å². The molecule has 1 aromatic rings. The van der Waals surface area contributed by atoms with Crippen molar-refractivity contribution < 1.29 is 19.3 Å². The van der Waals surface area contributed by atoms with Crippen molar-refractivity contribution >= 4 is 0 Å². The molecular weight excluding hydrogens is 280 g/mol. The molecule has 2 atom stereocenters. The molecule has 0 saturated carbocycles. The van der Waals surface area contributed by atoms with Crippen molar-refractivity contribution in [3.8, 4) is 0 Å². The van der Waals surface area contributed by atoms with Gasteiger partial charge in [0.05, 0.1) is 6.61 Å². The van der Waals surface area contributed by atoms with E-state index < -0.39 is 6.29 Å². The Morgan fingerprint density at radius 1 is 1.14 bits per heavy atom. The third kappa shape index (κ3) is 6.71. The second kappa shape index (κ2) is 11.4. The highest BCUT2D eigenvalue weighted by Crippen LogP contribution is 2.20. The summed E-state index contributed by atoms with van der Waals surface area (Å²) in [7, 11) is 3.21. The van der Waals surface area contributed by atoms with Gasteiger partial charge in [-0.2, -0.15) is 0 Å². The maximum absolute atomic E-state index is 9.54. The van der Waals surface area contributed by atoms with Gasteiger partial charge in [-0.3, -0.25) is 0 Å². The average Bonchev–Trinajstić information content (AvgIpc) is 2.57. The summed E-state index contributed by atoms with van der Waals surface area (Å²) in [6.07, 6.45) is 4.88. The van der Waals surface area contributed by atoms with Crippen LogP contribution in [0.3, 0.4) is 0 Å². The van der Waals surface area contributed by atoms with Crippen LogP contribution >= 0.6 is 0 Å². The van der Waals surface area contributed by atoms with E-state index in [-0.39, 0.29) is 18.6 Å². The van der Waals surface area contributed by atoms with Gasteiger partial charge in [-0.15, -0.1) is 0 Å². The fraction of sp³-hybridized carbons (Fsp3) is 0.556. The zero-order chi connectivity index (χ0) is 16.2. The first kappa shape index (κ1) is 18.8. The standard InChI is InChI=1S/C18H28O4/c1-4-5-9-16(13-19)12-17(18(20-2)21-3)22-14-15-10-7-6-8-11-15/h4-8,10-11,16-19H,9,12-14H2,1-3H3/b5-4+/t16?,17-/m0/s1. The van der Waals surface area contributed by atoms with Crippen molar-refractivity contribution in [3.63, 3.8) is 0 Å². The maximum Gasteiger partial charge on any atom is 0.183 e. The molecule has 4 nitrogen and oxygen atoms in total. The number of allylic oxidation sites excluding steroid dienone is 2. The summed E-state index contributed by atoms with van der Waals surface area (Å²) in [5.41, 5.74) is 1.10. The summed E-state index contributed by atoms with van der Waals surface area (Å²) < 4.78 is 16.7. The molecular formula is C18H28O4. The van der Waals surface area contributed by atoms with Crippen LogP contribution in [0, 0.1) is 5.92 Å². The molecule has 0 radical (unpaired) electrons. The molecule has 1 unspecified atom stereocenters.